The van der Waals surface area contributed by atoms with E-state index in [1.807, 2.05) is 23.1 Å². The van der Waals surface area contributed by atoms with Crippen LogP contribution in [0.2, 0.25) is 0 Å². The van der Waals surface area contributed by atoms with Crippen molar-refractivity contribution >= 4 is 16.8 Å². The molecule has 2 heterocycles. The molecule has 0 N–H and O–H groups in total. The fourth-order valence-electron chi connectivity index (χ4n) is 3.84. The van der Waals surface area contributed by atoms with Crippen LogP contribution in [0, 0.1) is 5.92 Å². The molecule has 1 unspecified atom stereocenters. The first-order valence-corrected chi connectivity index (χ1v) is 8.92. The summed E-state index contributed by atoms with van der Waals surface area (Å²) in [6.07, 6.45) is 4.18. The first-order chi connectivity index (χ1) is 12.1. The van der Waals surface area contributed by atoms with Crippen molar-refractivity contribution in [3.05, 3.63) is 40.9 Å². The molecule has 6 nitrogen and oxygen atoms in total. The van der Waals surface area contributed by atoms with Crippen molar-refractivity contribution in [3.63, 3.8) is 0 Å². The molecule has 6 heteroatoms. The number of aromatic nitrogens is 2. The van der Waals surface area contributed by atoms with E-state index < -0.39 is 0 Å². The monoisotopic (exact) mass is 341 g/mol. The van der Waals surface area contributed by atoms with E-state index in [1.165, 1.54) is 10.9 Å². The summed E-state index contributed by atoms with van der Waals surface area (Å²) in [5.74, 6) is 0.638. The number of carbonyl (C=O) groups excluding carboxylic acids is 1. The Balaban J connectivity index is 1.50. The van der Waals surface area contributed by atoms with E-state index in [0.29, 0.717) is 49.5 Å². The summed E-state index contributed by atoms with van der Waals surface area (Å²) in [6, 6.07) is 7.28. The largest absolute Gasteiger partial charge is 0.377 e. The molecule has 1 saturated carbocycles. The van der Waals surface area contributed by atoms with Gasteiger partial charge in [-0.05, 0) is 37.8 Å². The van der Waals surface area contributed by atoms with Gasteiger partial charge in [-0.15, -0.1) is 0 Å². The summed E-state index contributed by atoms with van der Waals surface area (Å²) in [5.41, 5.74) is 0.400. The minimum absolute atomic E-state index is 0.0923. The lowest BCUT2D eigenvalue weighted by molar-refractivity contribution is -0.150. The van der Waals surface area contributed by atoms with Crippen molar-refractivity contribution in [2.45, 2.75) is 38.3 Å². The summed E-state index contributed by atoms with van der Waals surface area (Å²) in [7, 11) is 0. The number of morpholine rings is 1. The smallest absolute Gasteiger partial charge is 0.261 e. The molecule has 1 aliphatic heterocycles. The van der Waals surface area contributed by atoms with Crippen LogP contribution in [0.4, 0.5) is 0 Å². The molecule has 4 rings (SSSR count). The highest BCUT2D eigenvalue weighted by Gasteiger charge is 2.48. The van der Waals surface area contributed by atoms with E-state index >= 15 is 0 Å². The first kappa shape index (κ1) is 16.3. The maximum absolute atomic E-state index is 12.8. The van der Waals surface area contributed by atoms with Crippen LogP contribution in [0.25, 0.3) is 10.9 Å². The molecular formula is C19H23N3O3. The van der Waals surface area contributed by atoms with E-state index in [1.54, 1.807) is 6.07 Å². The van der Waals surface area contributed by atoms with Crippen molar-refractivity contribution in [2.75, 3.05) is 19.8 Å². The summed E-state index contributed by atoms with van der Waals surface area (Å²) >= 11 is 0. The van der Waals surface area contributed by atoms with Crippen LogP contribution < -0.4 is 5.56 Å². The average molecular weight is 341 g/mol. The van der Waals surface area contributed by atoms with Gasteiger partial charge in [0.25, 0.3) is 5.56 Å². The highest BCUT2D eigenvalue weighted by Crippen LogP contribution is 2.44. The number of benzene rings is 1. The molecule has 1 aromatic carbocycles. The Morgan fingerprint density at radius 1 is 1.36 bits per heavy atom. The number of carbonyl (C=O) groups is 1. The van der Waals surface area contributed by atoms with Crippen LogP contribution in [0.5, 0.6) is 0 Å². The molecule has 2 aromatic rings. The molecule has 132 valence electrons. The third kappa shape index (κ3) is 2.95. The number of amides is 1. The van der Waals surface area contributed by atoms with Crippen LogP contribution in [0.3, 0.4) is 0 Å². The van der Waals surface area contributed by atoms with Gasteiger partial charge in [-0.25, -0.2) is 4.98 Å². The highest BCUT2D eigenvalue weighted by molar-refractivity contribution is 5.78. The van der Waals surface area contributed by atoms with Crippen LogP contribution >= 0.6 is 0 Å². The van der Waals surface area contributed by atoms with Gasteiger partial charge in [0, 0.05) is 19.5 Å². The predicted molar refractivity (Wildman–Crippen MR) is 94.3 cm³/mol. The van der Waals surface area contributed by atoms with Crippen molar-refractivity contribution < 1.29 is 9.53 Å². The quantitative estimate of drug-likeness (QED) is 0.851. The van der Waals surface area contributed by atoms with E-state index in [0.717, 1.165) is 12.8 Å². The number of rotatable bonds is 4. The summed E-state index contributed by atoms with van der Waals surface area (Å²) < 4.78 is 7.17. The van der Waals surface area contributed by atoms with Crippen molar-refractivity contribution in [3.8, 4) is 0 Å². The summed E-state index contributed by atoms with van der Waals surface area (Å²) in [6.45, 7) is 4.32. The number of hydrogen-bond donors (Lipinski definition) is 0. The van der Waals surface area contributed by atoms with E-state index in [2.05, 4.69) is 11.9 Å². The lowest BCUT2D eigenvalue weighted by Gasteiger charge is -2.45. The number of hydrogen-bond acceptors (Lipinski definition) is 4. The number of aryl methyl sites for hydroxylation is 1. The molecule has 25 heavy (non-hydrogen) atoms. The van der Waals surface area contributed by atoms with Gasteiger partial charge in [-0.3, -0.25) is 14.2 Å². The molecule has 1 atom stereocenters. The third-order valence-electron chi connectivity index (χ3n) is 5.53. The second-order valence-electron chi connectivity index (χ2n) is 7.24. The summed E-state index contributed by atoms with van der Waals surface area (Å²) in [5, 5.41) is 0.589. The third-order valence-corrected chi connectivity index (χ3v) is 5.53. The van der Waals surface area contributed by atoms with Gasteiger partial charge in [0.2, 0.25) is 5.91 Å². The molecule has 1 amide bonds. The normalized spacial score (nSPS) is 23.8. The Hall–Kier alpha value is -2.21. The zero-order valence-corrected chi connectivity index (χ0v) is 14.5. The topological polar surface area (TPSA) is 64.4 Å². The standard InChI is InChI=1S/C19H23N3O3/c1-19(14-6-7-14)12-25-11-10-22(19)17(23)8-9-21-13-20-16-5-3-2-4-15(16)18(21)24/h2-5,13-14H,6-12H2,1H3. The van der Waals surface area contributed by atoms with Crippen molar-refractivity contribution in [1.82, 2.24) is 14.5 Å². The van der Waals surface area contributed by atoms with Gasteiger partial charge in [0.1, 0.15) is 0 Å². The van der Waals surface area contributed by atoms with E-state index in [9.17, 15) is 9.59 Å². The molecule has 1 aliphatic carbocycles. The van der Waals surface area contributed by atoms with Crippen LogP contribution in [-0.2, 0) is 16.1 Å². The Kier molecular flexibility index (Phi) is 4.07. The molecule has 0 bridgehead atoms. The molecule has 1 saturated heterocycles. The van der Waals surface area contributed by atoms with Crippen LogP contribution in [-0.4, -0.2) is 45.7 Å². The van der Waals surface area contributed by atoms with Crippen LogP contribution in [0.15, 0.2) is 35.4 Å². The van der Waals surface area contributed by atoms with Gasteiger partial charge in [0.15, 0.2) is 0 Å². The Bertz CT molecular complexity index is 858. The lowest BCUT2D eigenvalue weighted by atomic mass is 9.92. The Labute approximate surface area is 146 Å². The summed E-state index contributed by atoms with van der Waals surface area (Å²) in [4.78, 5) is 31.7. The number of fused-ring (bicyclic) bond motifs is 1. The first-order valence-electron chi connectivity index (χ1n) is 8.92. The Morgan fingerprint density at radius 3 is 2.96 bits per heavy atom. The molecule has 0 spiro atoms. The molecule has 1 aromatic heterocycles. The maximum Gasteiger partial charge on any atom is 0.261 e. The van der Waals surface area contributed by atoms with Gasteiger partial charge in [-0.1, -0.05) is 12.1 Å². The van der Waals surface area contributed by atoms with Crippen molar-refractivity contribution in [2.24, 2.45) is 5.92 Å². The van der Waals surface area contributed by atoms with Gasteiger partial charge in [0.05, 0.1) is 36.0 Å². The molecule has 2 aliphatic rings. The van der Waals surface area contributed by atoms with Gasteiger partial charge >= 0.3 is 0 Å². The van der Waals surface area contributed by atoms with Crippen molar-refractivity contribution in [1.29, 1.82) is 0 Å². The SMILES string of the molecule is CC1(C2CC2)COCCN1C(=O)CCn1cnc2ccccc2c1=O. The minimum atomic E-state index is -0.193. The predicted octanol–water partition coefficient (Wildman–Crippen LogP) is 1.81. The number of ether oxygens (including phenoxy) is 1. The lowest BCUT2D eigenvalue weighted by Crippen LogP contribution is -2.58. The molecule has 2 fully saturated rings. The molecular weight excluding hydrogens is 318 g/mol. The fraction of sp³-hybridized carbons (Fsp3) is 0.526. The van der Waals surface area contributed by atoms with Crippen LogP contribution in [0.1, 0.15) is 26.2 Å². The fourth-order valence-corrected chi connectivity index (χ4v) is 3.84. The van der Waals surface area contributed by atoms with E-state index in [4.69, 9.17) is 4.74 Å². The Morgan fingerprint density at radius 2 is 2.16 bits per heavy atom. The second-order valence-corrected chi connectivity index (χ2v) is 7.24. The van der Waals surface area contributed by atoms with Gasteiger partial charge < -0.3 is 9.64 Å². The molecule has 0 radical (unpaired) electrons. The number of nitrogens with zero attached hydrogens (tertiary/aromatic N) is 3. The van der Waals surface area contributed by atoms with Gasteiger partial charge in [-0.2, -0.15) is 0 Å². The van der Waals surface area contributed by atoms with E-state index in [-0.39, 0.29) is 17.0 Å². The highest BCUT2D eigenvalue weighted by atomic mass is 16.5. The number of para-hydroxylation sites is 1. The maximum atomic E-state index is 12.8. The zero-order chi connectivity index (χ0) is 17.4. The average Bonchev–Trinajstić information content (AvgIpc) is 3.47. The minimum Gasteiger partial charge on any atom is -0.377 e. The second kappa shape index (κ2) is 6.26. The zero-order valence-electron chi connectivity index (χ0n) is 14.5.